The molecule has 2 aromatic rings. The van der Waals surface area contributed by atoms with Gasteiger partial charge in [0.2, 0.25) is 5.91 Å². The van der Waals surface area contributed by atoms with Crippen molar-refractivity contribution in [2.24, 2.45) is 0 Å². The molecule has 1 heterocycles. The van der Waals surface area contributed by atoms with Gasteiger partial charge >= 0.3 is 0 Å². The number of halogens is 1. The van der Waals surface area contributed by atoms with Crippen molar-refractivity contribution in [1.82, 2.24) is 0 Å². The molecule has 0 radical (unpaired) electrons. The van der Waals surface area contributed by atoms with E-state index >= 15 is 0 Å². The summed E-state index contributed by atoms with van der Waals surface area (Å²) in [6.07, 6.45) is 3.18. The van der Waals surface area contributed by atoms with Gasteiger partial charge in [0, 0.05) is 16.6 Å². The number of rotatable bonds is 4. The van der Waals surface area contributed by atoms with Gasteiger partial charge in [-0.3, -0.25) is 4.79 Å². The van der Waals surface area contributed by atoms with Crippen molar-refractivity contribution in [3.63, 3.8) is 0 Å². The number of amides is 1. The predicted molar refractivity (Wildman–Crippen MR) is 79.4 cm³/mol. The van der Waals surface area contributed by atoms with E-state index in [0.29, 0.717) is 10.0 Å². The van der Waals surface area contributed by atoms with Crippen LogP contribution in [0.1, 0.15) is 10.4 Å². The van der Waals surface area contributed by atoms with E-state index in [0.717, 1.165) is 10.4 Å². The van der Waals surface area contributed by atoms with Gasteiger partial charge in [0.1, 0.15) is 0 Å². The van der Waals surface area contributed by atoms with Gasteiger partial charge in [-0.25, -0.2) is 0 Å². The van der Waals surface area contributed by atoms with Crippen molar-refractivity contribution < 1.29 is 9.90 Å². The smallest absolute Gasteiger partial charge is 0.248 e. The van der Waals surface area contributed by atoms with Crippen LogP contribution in [0.15, 0.2) is 42.5 Å². The second-order valence-corrected chi connectivity index (χ2v) is 5.57. The number of anilines is 1. The van der Waals surface area contributed by atoms with Crippen LogP contribution in [0.3, 0.4) is 0 Å². The Labute approximate surface area is 120 Å². The summed E-state index contributed by atoms with van der Waals surface area (Å²) in [5.41, 5.74) is 1.50. The van der Waals surface area contributed by atoms with Crippen molar-refractivity contribution in [2.75, 3.05) is 5.32 Å². The van der Waals surface area contributed by atoms with Crippen molar-refractivity contribution >= 4 is 40.6 Å². The SMILES string of the molecule is O=C(C=Cc1ccc(Cl)s1)Nc1ccc(CO)cc1. The summed E-state index contributed by atoms with van der Waals surface area (Å²) in [5, 5.41) is 11.6. The van der Waals surface area contributed by atoms with Crippen LogP contribution in [0, 0.1) is 0 Å². The fourth-order valence-electron chi connectivity index (χ4n) is 1.45. The molecule has 1 aromatic heterocycles. The third-order valence-corrected chi connectivity index (χ3v) is 3.59. The number of carbonyl (C=O) groups is 1. The second kappa shape index (κ2) is 6.52. The average molecular weight is 294 g/mol. The molecule has 0 unspecified atom stereocenters. The molecule has 19 heavy (non-hydrogen) atoms. The Morgan fingerprint density at radius 2 is 2.00 bits per heavy atom. The number of aliphatic hydroxyl groups excluding tert-OH is 1. The van der Waals surface area contributed by atoms with Crippen molar-refractivity contribution in [3.05, 3.63) is 57.3 Å². The number of benzene rings is 1. The first kappa shape index (κ1) is 13.8. The molecule has 3 nitrogen and oxygen atoms in total. The number of thiophene rings is 1. The zero-order valence-corrected chi connectivity index (χ0v) is 11.5. The maximum absolute atomic E-state index is 11.7. The molecular weight excluding hydrogens is 282 g/mol. The molecule has 0 saturated carbocycles. The Hall–Kier alpha value is -1.62. The number of aliphatic hydroxyl groups is 1. The number of nitrogens with one attached hydrogen (secondary N) is 1. The summed E-state index contributed by atoms with van der Waals surface area (Å²) >= 11 is 7.21. The zero-order chi connectivity index (χ0) is 13.7. The summed E-state index contributed by atoms with van der Waals surface area (Å²) in [4.78, 5) is 12.6. The maximum Gasteiger partial charge on any atom is 0.248 e. The molecule has 0 fully saturated rings. The van der Waals surface area contributed by atoms with Gasteiger partial charge in [0.25, 0.3) is 0 Å². The van der Waals surface area contributed by atoms with Gasteiger partial charge in [-0.1, -0.05) is 23.7 Å². The standard InChI is InChI=1S/C14H12ClNO2S/c15-13-7-5-12(19-13)6-8-14(18)16-11-3-1-10(9-17)2-4-11/h1-8,17H,9H2,(H,16,18). The summed E-state index contributed by atoms with van der Waals surface area (Å²) in [7, 11) is 0. The van der Waals surface area contributed by atoms with Crippen LogP contribution in [0.5, 0.6) is 0 Å². The second-order valence-electron chi connectivity index (χ2n) is 3.82. The maximum atomic E-state index is 11.7. The highest BCUT2D eigenvalue weighted by atomic mass is 35.5. The molecule has 0 saturated heterocycles. The molecule has 2 rings (SSSR count). The van der Waals surface area contributed by atoms with Crippen LogP contribution in [0.2, 0.25) is 4.34 Å². The summed E-state index contributed by atoms with van der Waals surface area (Å²) in [6, 6.07) is 10.7. The Morgan fingerprint density at radius 3 is 2.58 bits per heavy atom. The Kier molecular flexibility index (Phi) is 4.74. The number of carbonyl (C=O) groups excluding carboxylic acids is 1. The topological polar surface area (TPSA) is 49.3 Å². The van der Waals surface area contributed by atoms with Crippen molar-refractivity contribution in [1.29, 1.82) is 0 Å². The molecular formula is C14H12ClNO2S. The van der Waals surface area contributed by atoms with Crippen LogP contribution in [-0.4, -0.2) is 11.0 Å². The first-order valence-electron chi connectivity index (χ1n) is 5.61. The van der Waals surface area contributed by atoms with Gasteiger partial charge in [0.05, 0.1) is 10.9 Å². The minimum Gasteiger partial charge on any atom is -0.392 e. The van der Waals surface area contributed by atoms with E-state index in [9.17, 15) is 4.79 Å². The van der Waals surface area contributed by atoms with Crippen LogP contribution >= 0.6 is 22.9 Å². The van der Waals surface area contributed by atoms with E-state index in [4.69, 9.17) is 16.7 Å². The molecule has 0 aliphatic carbocycles. The normalized spacial score (nSPS) is 10.8. The lowest BCUT2D eigenvalue weighted by atomic mass is 10.2. The molecule has 2 N–H and O–H groups in total. The van der Waals surface area contributed by atoms with Gasteiger partial charge in [-0.2, -0.15) is 0 Å². The molecule has 0 aliphatic heterocycles. The minimum atomic E-state index is -0.207. The van der Waals surface area contributed by atoms with Gasteiger partial charge < -0.3 is 10.4 Å². The third kappa shape index (κ3) is 4.21. The Bertz CT molecular complexity index is 590. The van der Waals surface area contributed by atoms with Crippen molar-refractivity contribution in [3.8, 4) is 0 Å². The monoisotopic (exact) mass is 293 g/mol. The average Bonchev–Trinajstić information content (AvgIpc) is 2.83. The first-order valence-corrected chi connectivity index (χ1v) is 6.81. The van der Waals surface area contributed by atoms with Crippen LogP contribution in [0.25, 0.3) is 6.08 Å². The molecule has 0 spiro atoms. The zero-order valence-electron chi connectivity index (χ0n) is 9.97. The van der Waals surface area contributed by atoms with Gasteiger partial charge in [-0.05, 0) is 35.9 Å². The fraction of sp³-hybridized carbons (Fsp3) is 0.0714. The molecule has 1 aromatic carbocycles. The Balaban J connectivity index is 1.95. The highest BCUT2D eigenvalue weighted by Crippen LogP contribution is 2.22. The van der Waals surface area contributed by atoms with E-state index in [1.165, 1.54) is 17.4 Å². The first-order chi connectivity index (χ1) is 9.17. The lowest BCUT2D eigenvalue weighted by Gasteiger charge is -2.02. The van der Waals surface area contributed by atoms with Crippen LogP contribution in [-0.2, 0) is 11.4 Å². The van der Waals surface area contributed by atoms with E-state index < -0.39 is 0 Å². The van der Waals surface area contributed by atoms with Gasteiger partial charge in [-0.15, -0.1) is 11.3 Å². The van der Waals surface area contributed by atoms with E-state index in [1.54, 1.807) is 36.4 Å². The van der Waals surface area contributed by atoms with Gasteiger partial charge in [0.15, 0.2) is 0 Å². The summed E-state index contributed by atoms with van der Waals surface area (Å²) in [5.74, 6) is -0.207. The van der Waals surface area contributed by atoms with Crippen LogP contribution < -0.4 is 5.32 Å². The largest absolute Gasteiger partial charge is 0.392 e. The summed E-state index contributed by atoms with van der Waals surface area (Å²) < 4.78 is 0.694. The molecule has 0 atom stereocenters. The molecule has 5 heteroatoms. The molecule has 1 amide bonds. The lowest BCUT2D eigenvalue weighted by molar-refractivity contribution is -0.111. The quantitative estimate of drug-likeness (QED) is 0.847. The number of hydrogen-bond acceptors (Lipinski definition) is 3. The Morgan fingerprint density at radius 1 is 1.26 bits per heavy atom. The highest BCUT2D eigenvalue weighted by Gasteiger charge is 1.99. The fourth-order valence-corrected chi connectivity index (χ4v) is 2.42. The van der Waals surface area contributed by atoms with E-state index in [-0.39, 0.29) is 12.5 Å². The molecule has 0 bridgehead atoms. The molecule has 98 valence electrons. The minimum absolute atomic E-state index is 0.00668. The van der Waals surface area contributed by atoms with E-state index in [2.05, 4.69) is 5.32 Å². The van der Waals surface area contributed by atoms with Crippen LogP contribution in [0.4, 0.5) is 5.69 Å². The predicted octanol–water partition coefficient (Wildman–Crippen LogP) is 3.55. The summed E-state index contributed by atoms with van der Waals surface area (Å²) in [6.45, 7) is -0.00668. The highest BCUT2D eigenvalue weighted by molar-refractivity contribution is 7.17. The van der Waals surface area contributed by atoms with E-state index in [1.807, 2.05) is 6.07 Å². The van der Waals surface area contributed by atoms with Crippen molar-refractivity contribution in [2.45, 2.75) is 6.61 Å². The lowest BCUT2D eigenvalue weighted by Crippen LogP contribution is -2.07. The third-order valence-electron chi connectivity index (χ3n) is 2.40. The number of hydrogen-bond donors (Lipinski definition) is 2. The molecule has 0 aliphatic rings.